The van der Waals surface area contributed by atoms with Crippen molar-refractivity contribution in [2.45, 2.75) is 26.4 Å². The van der Waals surface area contributed by atoms with Crippen LogP contribution in [0, 0.1) is 0 Å². The van der Waals surface area contributed by atoms with Gasteiger partial charge in [0.25, 0.3) is 0 Å². The van der Waals surface area contributed by atoms with Crippen molar-refractivity contribution in [1.82, 2.24) is 10.6 Å². The number of hydrogen-bond acceptors (Lipinski definition) is 3. The first-order chi connectivity index (χ1) is 12.0. The van der Waals surface area contributed by atoms with Gasteiger partial charge in [0, 0.05) is 11.6 Å². The van der Waals surface area contributed by atoms with Gasteiger partial charge in [0.15, 0.2) is 17.5 Å². The molecule has 0 saturated carbocycles. The number of aromatic hydroxyl groups is 1. The fourth-order valence-electron chi connectivity index (χ4n) is 2.43. The Hall–Kier alpha value is -2.40. The number of guanidine groups is 1. The van der Waals surface area contributed by atoms with Gasteiger partial charge in [-0.2, -0.15) is 0 Å². The molecule has 0 aliphatic carbocycles. The Kier molecular flexibility index (Phi) is 6.95. The maximum absolute atomic E-state index is 9.87. The molecule has 0 aliphatic rings. The highest BCUT2D eigenvalue weighted by Gasteiger charge is 2.11. The zero-order chi connectivity index (χ0) is 18.2. The average Bonchev–Trinajstić information content (AvgIpc) is 2.60. The third-order valence-electron chi connectivity index (χ3n) is 3.73. The summed E-state index contributed by atoms with van der Waals surface area (Å²) in [5, 5.41) is 17.2. The summed E-state index contributed by atoms with van der Waals surface area (Å²) in [7, 11) is 1.52. The molecule has 3 N–H and O–H groups in total. The van der Waals surface area contributed by atoms with E-state index < -0.39 is 0 Å². The van der Waals surface area contributed by atoms with E-state index in [9.17, 15) is 5.11 Å². The summed E-state index contributed by atoms with van der Waals surface area (Å²) in [6.45, 7) is 5.22. The first-order valence-corrected chi connectivity index (χ1v) is 8.58. The average molecular weight is 362 g/mol. The number of phenolic OH excluding ortho intramolecular Hbond substituents is 1. The van der Waals surface area contributed by atoms with Crippen molar-refractivity contribution in [1.29, 1.82) is 0 Å². The fourth-order valence-corrected chi connectivity index (χ4v) is 2.73. The summed E-state index contributed by atoms with van der Waals surface area (Å²) in [6, 6.07) is 13.0. The van der Waals surface area contributed by atoms with Crippen LogP contribution in [-0.4, -0.2) is 24.7 Å². The number of nitrogens with one attached hydrogen (secondary N) is 2. The molecule has 1 unspecified atom stereocenters. The van der Waals surface area contributed by atoms with Gasteiger partial charge in [-0.25, -0.2) is 4.99 Å². The summed E-state index contributed by atoms with van der Waals surface area (Å²) in [4.78, 5) is 4.57. The SMILES string of the molecule is CCNC(=NCc1ccc(OC)c(O)c1)NC(C)c1ccccc1Cl. The van der Waals surface area contributed by atoms with Gasteiger partial charge in [-0.3, -0.25) is 0 Å². The van der Waals surface area contributed by atoms with E-state index in [1.807, 2.05) is 44.2 Å². The maximum atomic E-state index is 9.87. The van der Waals surface area contributed by atoms with Gasteiger partial charge in [0.2, 0.25) is 0 Å². The second-order valence-corrected chi connectivity index (χ2v) is 6.00. The zero-order valence-corrected chi connectivity index (χ0v) is 15.5. The van der Waals surface area contributed by atoms with Gasteiger partial charge in [0.05, 0.1) is 19.7 Å². The van der Waals surface area contributed by atoms with E-state index in [1.54, 1.807) is 12.1 Å². The smallest absolute Gasteiger partial charge is 0.192 e. The largest absolute Gasteiger partial charge is 0.504 e. The van der Waals surface area contributed by atoms with Gasteiger partial charge >= 0.3 is 0 Å². The van der Waals surface area contributed by atoms with Gasteiger partial charge in [-0.05, 0) is 43.2 Å². The number of nitrogens with zero attached hydrogens (tertiary/aromatic N) is 1. The number of rotatable bonds is 6. The molecule has 0 radical (unpaired) electrons. The molecule has 0 saturated heterocycles. The number of methoxy groups -OCH3 is 1. The van der Waals surface area contributed by atoms with Crippen LogP contribution in [-0.2, 0) is 6.54 Å². The van der Waals surface area contributed by atoms with Crippen LogP contribution in [0.5, 0.6) is 11.5 Å². The van der Waals surface area contributed by atoms with Crippen molar-refractivity contribution in [3.05, 3.63) is 58.6 Å². The molecule has 2 aromatic rings. The van der Waals surface area contributed by atoms with Crippen LogP contribution in [0.15, 0.2) is 47.5 Å². The Labute approximate surface area is 153 Å². The van der Waals surface area contributed by atoms with Crippen molar-refractivity contribution >= 4 is 17.6 Å². The van der Waals surface area contributed by atoms with Crippen molar-refractivity contribution in [3.8, 4) is 11.5 Å². The molecule has 0 amide bonds. The molecule has 0 fully saturated rings. The van der Waals surface area contributed by atoms with Crippen LogP contribution < -0.4 is 15.4 Å². The molecule has 134 valence electrons. The highest BCUT2D eigenvalue weighted by atomic mass is 35.5. The standard InChI is InChI=1S/C19H24ClN3O2/c1-4-21-19(23-13(2)15-7-5-6-8-16(15)20)22-12-14-9-10-18(25-3)17(24)11-14/h5-11,13,24H,4,12H2,1-3H3,(H2,21,22,23). The number of halogens is 1. The lowest BCUT2D eigenvalue weighted by molar-refractivity contribution is 0.373. The fraction of sp³-hybridized carbons (Fsp3) is 0.316. The Balaban J connectivity index is 2.10. The number of phenols is 1. The van der Waals surface area contributed by atoms with Crippen LogP contribution in [0.1, 0.15) is 31.0 Å². The van der Waals surface area contributed by atoms with Crippen LogP contribution in [0.2, 0.25) is 5.02 Å². The van der Waals surface area contributed by atoms with Crippen LogP contribution in [0.3, 0.4) is 0 Å². The maximum Gasteiger partial charge on any atom is 0.192 e. The number of hydrogen-bond donors (Lipinski definition) is 3. The highest BCUT2D eigenvalue weighted by molar-refractivity contribution is 6.31. The Morgan fingerprint density at radius 1 is 1.28 bits per heavy atom. The van der Waals surface area contributed by atoms with E-state index in [2.05, 4.69) is 15.6 Å². The minimum atomic E-state index is 0.00997. The van der Waals surface area contributed by atoms with Crippen LogP contribution in [0.25, 0.3) is 0 Å². The van der Waals surface area contributed by atoms with Crippen molar-refractivity contribution in [3.63, 3.8) is 0 Å². The van der Waals surface area contributed by atoms with E-state index in [0.29, 0.717) is 18.3 Å². The molecule has 5 nitrogen and oxygen atoms in total. The van der Waals surface area contributed by atoms with Crippen LogP contribution in [0.4, 0.5) is 0 Å². The summed E-state index contributed by atoms with van der Waals surface area (Å²) in [5.41, 5.74) is 1.90. The van der Waals surface area contributed by atoms with Crippen LogP contribution >= 0.6 is 11.6 Å². The first kappa shape index (κ1) is 18.9. The third kappa shape index (κ3) is 5.29. The molecule has 0 aromatic heterocycles. The normalized spacial score (nSPS) is 12.6. The van der Waals surface area contributed by atoms with Crippen molar-refractivity contribution in [2.24, 2.45) is 4.99 Å². The first-order valence-electron chi connectivity index (χ1n) is 8.20. The van der Waals surface area contributed by atoms with Gasteiger partial charge in [-0.1, -0.05) is 35.9 Å². The molecular weight excluding hydrogens is 338 g/mol. The van der Waals surface area contributed by atoms with E-state index in [0.717, 1.165) is 22.7 Å². The second kappa shape index (κ2) is 9.18. The molecule has 6 heteroatoms. The quantitative estimate of drug-likeness (QED) is 0.539. The monoisotopic (exact) mass is 361 g/mol. The van der Waals surface area contributed by atoms with Crippen molar-refractivity contribution < 1.29 is 9.84 Å². The molecule has 2 aromatic carbocycles. The summed E-state index contributed by atoms with van der Waals surface area (Å²) < 4.78 is 5.05. The molecule has 0 spiro atoms. The van der Waals surface area contributed by atoms with E-state index in [1.165, 1.54) is 7.11 Å². The predicted octanol–water partition coefficient (Wildman–Crippen LogP) is 3.87. The number of aliphatic imine (C=N–C) groups is 1. The molecule has 25 heavy (non-hydrogen) atoms. The predicted molar refractivity (Wildman–Crippen MR) is 102 cm³/mol. The number of ether oxygens (including phenoxy) is 1. The minimum Gasteiger partial charge on any atom is -0.504 e. The van der Waals surface area contributed by atoms with Gasteiger partial charge in [-0.15, -0.1) is 0 Å². The highest BCUT2D eigenvalue weighted by Crippen LogP contribution is 2.26. The van der Waals surface area contributed by atoms with E-state index in [-0.39, 0.29) is 11.8 Å². The van der Waals surface area contributed by atoms with E-state index >= 15 is 0 Å². The summed E-state index contributed by atoms with van der Waals surface area (Å²) >= 11 is 6.26. The number of benzene rings is 2. The Bertz CT molecular complexity index is 734. The molecule has 1 atom stereocenters. The van der Waals surface area contributed by atoms with Gasteiger partial charge in [0.1, 0.15) is 0 Å². The lowest BCUT2D eigenvalue weighted by atomic mass is 10.1. The summed E-state index contributed by atoms with van der Waals surface area (Å²) in [6.07, 6.45) is 0. The van der Waals surface area contributed by atoms with Crippen molar-refractivity contribution in [2.75, 3.05) is 13.7 Å². The van der Waals surface area contributed by atoms with E-state index in [4.69, 9.17) is 16.3 Å². The molecule has 0 aliphatic heterocycles. The molecule has 0 heterocycles. The summed E-state index contributed by atoms with van der Waals surface area (Å²) in [5.74, 6) is 1.24. The lowest BCUT2D eigenvalue weighted by Gasteiger charge is -2.19. The zero-order valence-electron chi connectivity index (χ0n) is 14.7. The minimum absolute atomic E-state index is 0.00997. The van der Waals surface area contributed by atoms with Gasteiger partial charge < -0.3 is 20.5 Å². The third-order valence-corrected chi connectivity index (χ3v) is 4.08. The second-order valence-electron chi connectivity index (χ2n) is 5.59. The molecule has 2 rings (SSSR count). The molecule has 0 bridgehead atoms. The lowest BCUT2D eigenvalue weighted by Crippen LogP contribution is -2.38. The molecular formula is C19H24ClN3O2. The Morgan fingerprint density at radius 2 is 2.04 bits per heavy atom. The Morgan fingerprint density at radius 3 is 2.68 bits per heavy atom. The topological polar surface area (TPSA) is 65.9 Å².